The van der Waals surface area contributed by atoms with Crippen molar-refractivity contribution < 1.29 is 19.4 Å². The minimum Gasteiger partial charge on any atom is -0.480 e. The van der Waals surface area contributed by atoms with Crippen molar-refractivity contribution in [3.8, 4) is 0 Å². The van der Waals surface area contributed by atoms with Crippen LogP contribution in [0.5, 0.6) is 0 Å². The van der Waals surface area contributed by atoms with Crippen LogP contribution in [0, 0.1) is 0 Å². The molecule has 0 saturated carbocycles. The molecule has 1 atom stereocenters. The summed E-state index contributed by atoms with van der Waals surface area (Å²) in [5.74, 6) is -1.43. The van der Waals surface area contributed by atoms with Crippen LogP contribution < -0.4 is 5.73 Å². The maximum atomic E-state index is 11.5. The van der Waals surface area contributed by atoms with Gasteiger partial charge in [0.05, 0.1) is 6.61 Å². The third kappa shape index (κ3) is 23.6. The number of aliphatic carboxylic acids is 1. The van der Waals surface area contributed by atoms with Gasteiger partial charge in [-0.1, -0.05) is 103 Å². The van der Waals surface area contributed by atoms with Gasteiger partial charge in [-0.25, -0.2) is 0 Å². The summed E-state index contributed by atoms with van der Waals surface area (Å²) < 4.78 is 5.10. The van der Waals surface area contributed by atoms with Crippen molar-refractivity contribution in [2.45, 2.75) is 129 Å². The lowest BCUT2D eigenvalue weighted by atomic mass is 10.0. The lowest BCUT2D eigenvalue weighted by Gasteiger charge is -2.07. The van der Waals surface area contributed by atoms with E-state index < -0.39 is 12.0 Å². The Morgan fingerprint density at radius 1 is 0.759 bits per heavy atom. The molecule has 6 heteroatoms. The third-order valence-electron chi connectivity index (χ3n) is 5.24. The van der Waals surface area contributed by atoms with Crippen molar-refractivity contribution in [2.75, 3.05) is 6.61 Å². The fourth-order valence-electron chi connectivity index (χ4n) is 3.31. The lowest BCUT2D eigenvalue weighted by molar-refractivity contribution is -0.144. The van der Waals surface area contributed by atoms with E-state index in [2.05, 4.69) is 6.92 Å². The van der Waals surface area contributed by atoms with Gasteiger partial charge in [0.15, 0.2) is 17.4 Å². The third-order valence-corrected chi connectivity index (χ3v) is 5.24. The highest BCUT2D eigenvalue weighted by Gasteiger charge is 2.13. The molecule has 0 aliphatic rings. The summed E-state index contributed by atoms with van der Waals surface area (Å²) in [5.41, 5.74) is 5.35. The van der Waals surface area contributed by atoms with E-state index in [1.807, 2.05) is 0 Å². The molecule has 0 bridgehead atoms. The zero-order chi connectivity index (χ0) is 20.9. The summed E-state index contributed by atoms with van der Waals surface area (Å²) >= 11 is 0. The van der Waals surface area contributed by atoms with E-state index in [0.29, 0.717) is 6.61 Å². The van der Waals surface area contributed by atoms with Gasteiger partial charge in [0, 0.05) is 6.42 Å². The van der Waals surface area contributed by atoms with Crippen LogP contribution >= 0.6 is 0 Å². The van der Waals surface area contributed by atoms with Crippen LogP contribution in [0.2, 0.25) is 0 Å². The average Bonchev–Trinajstić information content (AvgIpc) is 2.68. The summed E-state index contributed by atoms with van der Waals surface area (Å²) in [4.78, 5) is 22.0. The minimum absolute atomic E-state index is 0. The second-order valence-corrected chi connectivity index (χ2v) is 8.01. The predicted octanol–water partition coefficient (Wildman–Crippen LogP) is 4.80. The molecule has 0 fully saturated rings. The van der Waals surface area contributed by atoms with E-state index >= 15 is 0 Å². The lowest BCUT2D eigenvalue weighted by Crippen LogP contribution is -2.30. The molecule has 0 saturated heterocycles. The largest absolute Gasteiger partial charge is 0.480 e. The van der Waals surface area contributed by atoms with E-state index in [-0.39, 0.29) is 36.2 Å². The molecule has 0 aromatic heterocycles. The Labute approximate surface area is 189 Å². The summed E-state index contributed by atoms with van der Waals surface area (Å²) in [5, 5.41) is 8.65. The molecular formula is C23H48AlNO4. The van der Waals surface area contributed by atoms with Gasteiger partial charge in [-0.2, -0.15) is 0 Å². The van der Waals surface area contributed by atoms with Gasteiger partial charge in [-0.15, -0.1) is 0 Å². The second-order valence-electron chi connectivity index (χ2n) is 8.01. The highest BCUT2D eigenvalue weighted by molar-refractivity contribution is 5.75. The smallest absolute Gasteiger partial charge is 0.320 e. The Hall–Kier alpha value is -0.568. The fraction of sp³-hybridized carbons (Fsp3) is 0.913. The zero-order valence-electron chi connectivity index (χ0n) is 18.3. The number of hydrogen-bond donors (Lipinski definition) is 2. The fourth-order valence-corrected chi connectivity index (χ4v) is 3.31. The highest BCUT2D eigenvalue weighted by Crippen LogP contribution is 2.13. The first-order valence-corrected chi connectivity index (χ1v) is 11.7. The predicted molar refractivity (Wildman–Crippen MR) is 125 cm³/mol. The van der Waals surface area contributed by atoms with E-state index in [1.54, 1.807) is 0 Å². The maximum absolute atomic E-state index is 11.5. The Bertz CT molecular complexity index is 380. The number of carbonyl (C=O) groups is 2. The van der Waals surface area contributed by atoms with Crippen LogP contribution in [0.25, 0.3) is 0 Å². The molecule has 5 nitrogen and oxygen atoms in total. The number of hydrogen-bond acceptors (Lipinski definition) is 4. The minimum atomic E-state index is -1.08. The monoisotopic (exact) mass is 429 g/mol. The highest BCUT2D eigenvalue weighted by atomic mass is 27.0. The van der Waals surface area contributed by atoms with Gasteiger partial charge in [0.1, 0.15) is 6.04 Å². The van der Waals surface area contributed by atoms with Crippen LogP contribution in [0.4, 0.5) is 0 Å². The van der Waals surface area contributed by atoms with Crippen LogP contribution in [0.15, 0.2) is 0 Å². The van der Waals surface area contributed by atoms with Gasteiger partial charge < -0.3 is 15.6 Å². The van der Waals surface area contributed by atoms with E-state index in [0.717, 1.165) is 12.8 Å². The Kier molecular flexibility index (Phi) is 25.0. The first-order valence-electron chi connectivity index (χ1n) is 11.7. The van der Waals surface area contributed by atoms with Crippen molar-refractivity contribution in [1.82, 2.24) is 0 Å². The number of rotatable bonds is 21. The Balaban J connectivity index is 0. The second kappa shape index (κ2) is 23.7. The molecule has 0 rings (SSSR count). The molecule has 0 unspecified atom stereocenters. The van der Waals surface area contributed by atoms with Crippen LogP contribution in [-0.4, -0.2) is 47.1 Å². The van der Waals surface area contributed by atoms with Crippen molar-refractivity contribution in [1.29, 1.82) is 0 Å². The quantitative estimate of drug-likeness (QED) is 0.155. The molecule has 0 aliphatic heterocycles. The van der Waals surface area contributed by atoms with Crippen molar-refractivity contribution in [3.05, 3.63) is 0 Å². The number of nitrogens with two attached hydrogens (primary N) is 1. The number of ether oxygens (including phenoxy) is 1. The number of carboxylic acid groups (broad SMARTS) is 1. The standard InChI is InChI=1S/C23H45NO4.Al.3H/c1-2-3-4-5-6-7-8-9-10-11-12-13-14-15-16-17-20-28-22(25)19-18-21(24)23(26)27;;;;/h21H,2-20,24H2,1H3,(H,26,27);;;;/t21-;;;;/m0..../s1. The van der Waals surface area contributed by atoms with Crippen molar-refractivity contribution in [2.24, 2.45) is 5.73 Å². The Morgan fingerprint density at radius 3 is 1.52 bits per heavy atom. The van der Waals surface area contributed by atoms with Crippen molar-refractivity contribution in [3.63, 3.8) is 0 Å². The molecule has 0 aromatic rings. The van der Waals surface area contributed by atoms with Gasteiger partial charge >= 0.3 is 11.9 Å². The van der Waals surface area contributed by atoms with Gasteiger partial charge in [-0.3, -0.25) is 9.59 Å². The number of esters is 1. The van der Waals surface area contributed by atoms with Gasteiger partial charge in [-0.05, 0) is 12.8 Å². The molecule has 172 valence electrons. The molecule has 0 aliphatic carbocycles. The number of carbonyl (C=O) groups excluding carboxylic acids is 1. The summed E-state index contributed by atoms with van der Waals surface area (Å²) in [7, 11) is 0. The van der Waals surface area contributed by atoms with E-state index in [1.165, 1.54) is 89.9 Å². The molecule has 0 amide bonds. The van der Waals surface area contributed by atoms with Crippen molar-refractivity contribution >= 4 is 29.3 Å². The average molecular weight is 430 g/mol. The van der Waals surface area contributed by atoms with Crippen LogP contribution in [0.3, 0.4) is 0 Å². The van der Waals surface area contributed by atoms with Gasteiger partial charge in [0.25, 0.3) is 0 Å². The van der Waals surface area contributed by atoms with Gasteiger partial charge in [0.2, 0.25) is 0 Å². The summed E-state index contributed by atoms with van der Waals surface area (Å²) in [6, 6.07) is -0.983. The SMILES string of the molecule is CCCCCCCCCCCCCCCCCCOC(=O)CC[C@H](N)C(=O)O.[AlH3]. The molecule has 29 heavy (non-hydrogen) atoms. The molecule has 0 spiro atoms. The first-order chi connectivity index (χ1) is 13.6. The molecule has 0 aromatic carbocycles. The molecule has 0 radical (unpaired) electrons. The van der Waals surface area contributed by atoms with E-state index in [4.69, 9.17) is 15.6 Å². The normalized spacial score (nSPS) is 11.7. The maximum Gasteiger partial charge on any atom is 0.320 e. The summed E-state index contributed by atoms with van der Waals surface area (Å²) in [6.07, 6.45) is 21.3. The number of unbranched alkanes of at least 4 members (excludes halogenated alkanes) is 15. The van der Waals surface area contributed by atoms with E-state index in [9.17, 15) is 9.59 Å². The first kappa shape index (κ1) is 30.6. The molecule has 0 heterocycles. The number of carboxylic acids is 1. The molecule has 3 N–H and O–H groups in total. The Morgan fingerprint density at radius 2 is 1.14 bits per heavy atom. The zero-order valence-corrected chi connectivity index (χ0v) is 18.3. The van der Waals surface area contributed by atoms with Crippen LogP contribution in [0.1, 0.15) is 122 Å². The van der Waals surface area contributed by atoms with Crippen LogP contribution in [-0.2, 0) is 14.3 Å². The molecular weight excluding hydrogens is 381 g/mol. The topological polar surface area (TPSA) is 89.6 Å². The summed E-state index contributed by atoms with van der Waals surface area (Å²) in [6.45, 7) is 2.70.